The number of rotatable bonds is 0. The summed E-state index contributed by atoms with van der Waals surface area (Å²) in [4.78, 5) is 0. The van der Waals surface area contributed by atoms with Crippen molar-refractivity contribution < 1.29 is 44.4 Å². The van der Waals surface area contributed by atoms with E-state index in [9.17, 15) is 0 Å². The first-order valence-corrected chi connectivity index (χ1v) is 8.01. The SMILES string of the molecule is CC(O)=C1C=CC=C1.OC=C1C=CC=C1.[Fe].[Fe].c1cc[cH-]c1.c1cc[cH-]c1. The summed E-state index contributed by atoms with van der Waals surface area (Å²) in [5, 5.41) is 17.1. The zero-order valence-electron chi connectivity index (χ0n) is 15.1. The molecule has 2 N–H and O–H groups in total. The van der Waals surface area contributed by atoms with Gasteiger partial charge in [-0.2, -0.15) is 36.4 Å². The molecule has 0 saturated carbocycles. The first-order valence-electron chi connectivity index (χ1n) is 8.01. The Kier molecular flexibility index (Phi) is 18.6. The third kappa shape index (κ3) is 14.6. The minimum Gasteiger partial charge on any atom is -0.515 e. The summed E-state index contributed by atoms with van der Waals surface area (Å²) in [5.41, 5.74) is 1.77. The van der Waals surface area contributed by atoms with Crippen molar-refractivity contribution in [2.24, 2.45) is 0 Å². The van der Waals surface area contributed by atoms with Gasteiger partial charge in [0.25, 0.3) is 0 Å². The van der Waals surface area contributed by atoms with Gasteiger partial charge in [0.2, 0.25) is 0 Å². The maximum atomic E-state index is 8.83. The predicted molar refractivity (Wildman–Crippen MR) is 107 cm³/mol. The van der Waals surface area contributed by atoms with Gasteiger partial charge in [0.1, 0.15) is 0 Å². The van der Waals surface area contributed by atoms with E-state index in [1.54, 1.807) is 6.92 Å². The minimum absolute atomic E-state index is 0. The molecule has 2 aliphatic rings. The molecule has 0 fully saturated rings. The summed E-state index contributed by atoms with van der Waals surface area (Å²) in [6, 6.07) is 20.0. The van der Waals surface area contributed by atoms with Crippen LogP contribution in [0.1, 0.15) is 6.92 Å². The second-order valence-electron chi connectivity index (χ2n) is 5.03. The average molecular weight is 444 g/mol. The van der Waals surface area contributed by atoms with Gasteiger partial charge in [-0.3, -0.25) is 0 Å². The molecule has 4 heteroatoms. The van der Waals surface area contributed by atoms with Crippen LogP contribution < -0.4 is 0 Å². The zero-order valence-corrected chi connectivity index (χ0v) is 17.3. The molecule has 146 valence electrons. The molecule has 0 unspecified atom stereocenters. The normalized spacial score (nSPS) is 11.6. The van der Waals surface area contributed by atoms with Crippen LogP contribution in [0.5, 0.6) is 0 Å². The van der Waals surface area contributed by atoms with Gasteiger partial charge in [-0.25, -0.2) is 24.3 Å². The molecular formula is C23H24Fe2O2-2. The molecule has 0 aromatic heterocycles. The molecule has 0 radical (unpaired) electrons. The average Bonchev–Trinajstić information content (AvgIpc) is 3.48. The van der Waals surface area contributed by atoms with Crippen molar-refractivity contribution in [2.75, 3.05) is 0 Å². The molecule has 2 nitrogen and oxygen atoms in total. The van der Waals surface area contributed by atoms with Crippen LogP contribution >= 0.6 is 0 Å². The summed E-state index contributed by atoms with van der Waals surface area (Å²) in [5.74, 6) is 0.384. The molecule has 0 saturated heterocycles. The number of aliphatic hydroxyl groups is 2. The van der Waals surface area contributed by atoms with Gasteiger partial charge in [-0.15, -0.1) is 0 Å². The van der Waals surface area contributed by atoms with Gasteiger partial charge in [-0.05, 0) is 6.92 Å². The van der Waals surface area contributed by atoms with E-state index in [0.29, 0.717) is 5.76 Å². The van der Waals surface area contributed by atoms with Crippen molar-refractivity contribution >= 4 is 0 Å². The predicted octanol–water partition coefficient (Wildman–Crippen LogP) is 6.30. The molecule has 2 aliphatic carbocycles. The Bertz CT molecular complexity index is 637. The van der Waals surface area contributed by atoms with Crippen LogP contribution in [-0.2, 0) is 34.1 Å². The topological polar surface area (TPSA) is 40.5 Å². The van der Waals surface area contributed by atoms with E-state index in [2.05, 4.69) is 0 Å². The Morgan fingerprint density at radius 2 is 1.11 bits per heavy atom. The largest absolute Gasteiger partial charge is 0.515 e. The molecule has 2 aromatic carbocycles. The second kappa shape index (κ2) is 18.6. The van der Waals surface area contributed by atoms with E-state index in [1.165, 1.54) is 0 Å². The van der Waals surface area contributed by atoms with Gasteiger partial charge in [0.15, 0.2) is 0 Å². The van der Waals surface area contributed by atoms with Crippen molar-refractivity contribution in [1.29, 1.82) is 0 Å². The molecule has 0 atom stereocenters. The zero-order chi connectivity index (χ0) is 18.2. The second-order valence-corrected chi connectivity index (χ2v) is 5.03. The number of hydrogen-bond donors (Lipinski definition) is 2. The van der Waals surface area contributed by atoms with E-state index < -0.39 is 0 Å². The number of aliphatic hydroxyl groups excluding tert-OH is 2. The van der Waals surface area contributed by atoms with Crippen molar-refractivity contribution in [3.8, 4) is 0 Å². The van der Waals surface area contributed by atoms with Crippen LogP contribution in [0.4, 0.5) is 0 Å². The van der Waals surface area contributed by atoms with Crippen LogP contribution in [0.15, 0.2) is 132 Å². The summed E-state index contributed by atoms with van der Waals surface area (Å²) in [6.07, 6.45) is 16.0. The fourth-order valence-electron chi connectivity index (χ4n) is 1.73. The Hall–Kier alpha value is -2.22. The van der Waals surface area contributed by atoms with E-state index >= 15 is 0 Å². The molecule has 2 aromatic rings. The number of hydrogen-bond acceptors (Lipinski definition) is 2. The van der Waals surface area contributed by atoms with Gasteiger partial charge in [0, 0.05) is 45.3 Å². The van der Waals surface area contributed by atoms with E-state index in [4.69, 9.17) is 10.2 Å². The smallest absolute Gasteiger partial charge is 0.0963 e. The Balaban J connectivity index is 0. The van der Waals surface area contributed by atoms with E-state index in [-0.39, 0.29) is 34.1 Å². The molecule has 0 bridgehead atoms. The third-order valence-corrected chi connectivity index (χ3v) is 3.03. The third-order valence-electron chi connectivity index (χ3n) is 3.03. The Morgan fingerprint density at radius 1 is 0.741 bits per heavy atom. The van der Waals surface area contributed by atoms with Gasteiger partial charge in [0.05, 0.1) is 12.0 Å². The van der Waals surface area contributed by atoms with Crippen LogP contribution in [0.25, 0.3) is 0 Å². The molecule has 0 aliphatic heterocycles. The standard InChI is InChI=1S/C7H8O.C6H6O.2C5H5.2Fe/c1-6(8)7-4-2-3-5-7;7-5-6-3-1-2-4-6;2*1-2-4-5-3-1;;/h2-5,8H,1H3;1-5,7H;2*1-5H;;/q;;2*-1;;. The molecule has 0 spiro atoms. The fraction of sp³-hybridized carbons (Fsp3) is 0.0435. The molecule has 0 amide bonds. The van der Waals surface area contributed by atoms with Crippen LogP contribution in [-0.4, -0.2) is 10.2 Å². The van der Waals surface area contributed by atoms with Crippen molar-refractivity contribution in [1.82, 2.24) is 0 Å². The molecule has 4 rings (SSSR count). The summed E-state index contributed by atoms with van der Waals surface area (Å²) in [6.45, 7) is 1.68. The van der Waals surface area contributed by atoms with Gasteiger partial charge >= 0.3 is 0 Å². The van der Waals surface area contributed by atoms with E-state index in [1.807, 2.05) is 109 Å². The molecule has 27 heavy (non-hydrogen) atoms. The minimum atomic E-state index is 0. The van der Waals surface area contributed by atoms with Gasteiger partial charge < -0.3 is 10.2 Å². The monoisotopic (exact) mass is 444 g/mol. The van der Waals surface area contributed by atoms with Crippen LogP contribution in [0, 0.1) is 0 Å². The van der Waals surface area contributed by atoms with Crippen molar-refractivity contribution in [3.05, 3.63) is 132 Å². The fourth-order valence-corrected chi connectivity index (χ4v) is 1.73. The first-order chi connectivity index (χ1) is 12.2. The summed E-state index contributed by atoms with van der Waals surface area (Å²) >= 11 is 0. The maximum absolute atomic E-state index is 8.83. The van der Waals surface area contributed by atoms with E-state index in [0.717, 1.165) is 17.4 Å². The Labute approximate surface area is 183 Å². The Morgan fingerprint density at radius 3 is 1.30 bits per heavy atom. The van der Waals surface area contributed by atoms with Crippen molar-refractivity contribution in [3.63, 3.8) is 0 Å². The maximum Gasteiger partial charge on any atom is 0.0963 e. The van der Waals surface area contributed by atoms with Crippen LogP contribution in [0.2, 0.25) is 0 Å². The quantitative estimate of drug-likeness (QED) is 0.284. The number of allylic oxidation sites excluding steroid dienone is 11. The molecule has 0 heterocycles. The van der Waals surface area contributed by atoms with Gasteiger partial charge in [-0.1, -0.05) is 48.6 Å². The molecular weight excluding hydrogens is 420 g/mol. The summed E-state index contributed by atoms with van der Waals surface area (Å²) < 4.78 is 0. The summed E-state index contributed by atoms with van der Waals surface area (Å²) in [7, 11) is 0. The van der Waals surface area contributed by atoms with Crippen LogP contribution in [0.3, 0.4) is 0 Å². The first kappa shape index (κ1) is 27.0. The van der Waals surface area contributed by atoms with Crippen molar-refractivity contribution in [2.45, 2.75) is 6.92 Å².